The lowest BCUT2D eigenvalue weighted by Crippen LogP contribution is -1.89. The number of rotatable bonds is 1. The van der Waals surface area contributed by atoms with E-state index in [1.165, 1.54) is 18.4 Å². The molecule has 70 valence electrons. The molecule has 14 heavy (non-hydrogen) atoms. The topological polar surface area (TPSA) is 46.0 Å². The molecular formula is C11H10N2O. The average molecular weight is 186 g/mol. The van der Waals surface area contributed by atoms with Gasteiger partial charge >= 0.3 is 0 Å². The molecule has 2 aromatic rings. The van der Waals surface area contributed by atoms with Gasteiger partial charge in [0.2, 0.25) is 0 Å². The highest BCUT2D eigenvalue weighted by atomic mass is 16.3. The van der Waals surface area contributed by atoms with E-state index < -0.39 is 0 Å². The van der Waals surface area contributed by atoms with E-state index in [9.17, 15) is 5.11 Å². The fraction of sp³-hybridized carbons (Fsp3) is 0.273. The van der Waals surface area contributed by atoms with Gasteiger partial charge in [-0.15, -0.1) is 0 Å². The van der Waals surface area contributed by atoms with Crippen molar-refractivity contribution >= 4 is 11.0 Å². The number of phenols is 1. The second-order valence-corrected chi connectivity index (χ2v) is 3.70. The Kier molecular flexibility index (Phi) is 1.48. The van der Waals surface area contributed by atoms with Crippen molar-refractivity contribution in [3.63, 3.8) is 0 Å². The first-order chi connectivity index (χ1) is 6.86. The van der Waals surface area contributed by atoms with E-state index >= 15 is 0 Å². The summed E-state index contributed by atoms with van der Waals surface area (Å²) in [5.41, 5.74) is 2.71. The van der Waals surface area contributed by atoms with Gasteiger partial charge in [0.1, 0.15) is 11.3 Å². The zero-order chi connectivity index (χ0) is 9.54. The van der Waals surface area contributed by atoms with Gasteiger partial charge in [-0.05, 0) is 30.4 Å². The van der Waals surface area contributed by atoms with Crippen LogP contribution in [0.2, 0.25) is 0 Å². The van der Waals surface area contributed by atoms with Crippen LogP contribution in [-0.4, -0.2) is 15.1 Å². The molecule has 3 rings (SSSR count). The Bertz CT molecular complexity index is 492. The fourth-order valence-electron chi connectivity index (χ4n) is 1.79. The molecule has 0 atom stereocenters. The fourth-order valence-corrected chi connectivity index (χ4v) is 1.79. The average Bonchev–Trinajstić information content (AvgIpc) is 3.03. The van der Waals surface area contributed by atoms with Crippen LogP contribution in [0, 0.1) is 0 Å². The molecule has 0 aliphatic heterocycles. The van der Waals surface area contributed by atoms with E-state index in [0.29, 0.717) is 11.4 Å². The van der Waals surface area contributed by atoms with E-state index in [1.807, 2.05) is 6.07 Å². The van der Waals surface area contributed by atoms with Crippen molar-refractivity contribution in [1.82, 2.24) is 9.97 Å². The standard InChI is InChI=1S/C11H10N2O/c14-9-4-3-8(7-1-2-7)10-11(9)13-6-5-12-10/h3-7,14H,1-2H2. The molecule has 0 spiro atoms. The summed E-state index contributed by atoms with van der Waals surface area (Å²) >= 11 is 0. The zero-order valence-electron chi connectivity index (χ0n) is 7.64. The smallest absolute Gasteiger partial charge is 0.143 e. The number of hydrogen-bond donors (Lipinski definition) is 1. The molecule has 0 amide bonds. The van der Waals surface area contributed by atoms with E-state index in [1.54, 1.807) is 18.5 Å². The Morgan fingerprint density at radius 1 is 1.07 bits per heavy atom. The third kappa shape index (κ3) is 1.05. The maximum Gasteiger partial charge on any atom is 0.143 e. The Hall–Kier alpha value is -1.64. The molecule has 0 saturated heterocycles. The van der Waals surface area contributed by atoms with E-state index in [-0.39, 0.29) is 5.75 Å². The third-order valence-corrected chi connectivity index (χ3v) is 2.65. The van der Waals surface area contributed by atoms with Crippen molar-refractivity contribution in [1.29, 1.82) is 0 Å². The molecular weight excluding hydrogens is 176 g/mol. The molecule has 0 bridgehead atoms. The van der Waals surface area contributed by atoms with E-state index in [4.69, 9.17) is 0 Å². The van der Waals surface area contributed by atoms with Gasteiger partial charge in [-0.1, -0.05) is 6.07 Å². The molecule has 1 aliphatic carbocycles. The molecule has 1 heterocycles. The highest BCUT2D eigenvalue weighted by molar-refractivity contribution is 5.84. The predicted molar refractivity (Wildman–Crippen MR) is 53.2 cm³/mol. The molecule has 1 saturated carbocycles. The second-order valence-electron chi connectivity index (χ2n) is 3.70. The Balaban J connectivity index is 2.35. The minimum Gasteiger partial charge on any atom is -0.506 e. The highest BCUT2D eigenvalue weighted by Crippen LogP contribution is 2.43. The van der Waals surface area contributed by atoms with Crippen LogP contribution in [0.5, 0.6) is 5.75 Å². The van der Waals surface area contributed by atoms with Crippen molar-refractivity contribution < 1.29 is 5.11 Å². The van der Waals surface area contributed by atoms with Gasteiger partial charge < -0.3 is 5.11 Å². The van der Waals surface area contributed by atoms with Crippen LogP contribution in [-0.2, 0) is 0 Å². The summed E-state index contributed by atoms with van der Waals surface area (Å²) < 4.78 is 0. The van der Waals surface area contributed by atoms with Gasteiger partial charge in [0.25, 0.3) is 0 Å². The van der Waals surface area contributed by atoms with Gasteiger partial charge in [0.15, 0.2) is 0 Å². The van der Waals surface area contributed by atoms with Crippen molar-refractivity contribution in [3.8, 4) is 5.75 Å². The summed E-state index contributed by atoms with van der Waals surface area (Å²) in [6.07, 6.45) is 5.75. The van der Waals surface area contributed by atoms with Crippen LogP contribution in [0.15, 0.2) is 24.5 Å². The number of phenolic OH excluding ortho intramolecular Hbond substituents is 1. The summed E-state index contributed by atoms with van der Waals surface area (Å²) in [6, 6.07) is 3.68. The van der Waals surface area contributed by atoms with Crippen LogP contribution in [0.25, 0.3) is 11.0 Å². The largest absolute Gasteiger partial charge is 0.506 e. The monoisotopic (exact) mass is 186 g/mol. The van der Waals surface area contributed by atoms with Gasteiger partial charge in [-0.3, -0.25) is 4.98 Å². The predicted octanol–water partition coefficient (Wildman–Crippen LogP) is 2.21. The van der Waals surface area contributed by atoms with Crippen LogP contribution in [0.3, 0.4) is 0 Å². The van der Waals surface area contributed by atoms with Crippen LogP contribution < -0.4 is 0 Å². The van der Waals surface area contributed by atoms with E-state index in [0.717, 1.165) is 5.52 Å². The third-order valence-electron chi connectivity index (χ3n) is 2.65. The highest BCUT2D eigenvalue weighted by Gasteiger charge is 2.26. The first kappa shape index (κ1) is 7.74. The number of nitrogens with zero attached hydrogens (tertiary/aromatic N) is 2. The minimum absolute atomic E-state index is 0.220. The quantitative estimate of drug-likeness (QED) is 0.742. The van der Waals surface area contributed by atoms with Crippen LogP contribution in [0.4, 0.5) is 0 Å². The lowest BCUT2D eigenvalue weighted by molar-refractivity contribution is 0.480. The van der Waals surface area contributed by atoms with Crippen molar-refractivity contribution in [2.75, 3.05) is 0 Å². The molecule has 1 aromatic heterocycles. The molecule has 0 unspecified atom stereocenters. The number of fused-ring (bicyclic) bond motifs is 1. The Labute approximate surface area is 81.4 Å². The van der Waals surface area contributed by atoms with Gasteiger partial charge in [0, 0.05) is 12.4 Å². The zero-order valence-corrected chi connectivity index (χ0v) is 7.64. The molecule has 1 fully saturated rings. The number of aromatic hydroxyl groups is 1. The number of aromatic nitrogens is 2. The van der Waals surface area contributed by atoms with Gasteiger partial charge in [0.05, 0.1) is 5.52 Å². The first-order valence-corrected chi connectivity index (χ1v) is 4.79. The SMILES string of the molecule is Oc1ccc(C2CC2)c2nccnc12. The van der Waals surface area contributed by atoms with Crippen molar-refractivity contribution in [2.24, 2.45) is 0 Å². The summed E-state index contributed by atoms with van der Waals surface area (Å²) in [4.78, 5) is 8.42. The Morgan fingerprint density at radius 3 is 2.50 bits per heavy atom. The molecule has 1 aliphatic rings. The lowest BCUT2D eigenvalue weighted by Gasteiger charge is -2.04. The summed E-state index contributed by atoms with van der Waals surface area (Å²) in [5.74, 6) is 0.854. The van der Waals surface area contributed by atoms with E-state index in [2.05, 4.69) is 9.97 Å². The van der Waals surface area contributed by atoms with Crippen LogP contribution in [0.1, 0.15) is 24.3 Å². The molecule has 1 aromatic carbocycles. The van der Waals surface area contributed by atoms with Crippen LogP contribution >= 0.6 is 0 Å². The van der Waals surface area contributed by atoms with Crippen molar-refractivity contribution in [3.05, 3.63) is 30.1 Å². The maximum atomic E-state index is 9.60. The maximum absolute atomic E-state index is 9.60. The molecule has 1 N–H and O–H groups in total. The van der Waals surface area contributed by atoms with Crippen molar-refractivity contribution in [2.45, 2.75) is 18.8 Å². The second kappa shape index (κ2) is 2.67. The Morgan fingerprint density at radius 2 is 1.79 bits per heavy atom. The summed E-state index contributed by atoms with van der Waals surface area (Å²) in [5, 5.41) is 9.60. The normalized spacial score (nSPS) is 16.0. The molecule has 0 radical (unpaired) electrons. The summed E-state index contributed by atoms with van der Waals surface area (Å²) in [7, 11) is 0. The lowest BCUT2D eigenvalue weighted by atomic mass is 10.1. The number of benzene rings is 1. The van der Waals surface area contributed by atoms with Gasteiger partial charge in [-0.25, -0.2) is 4.98 Å². The molecule has 3 nitrogen and oxygen atoms in total. The number of hydrogen-bond acceptors (Lipinski definition) is 3. The molecule has 3 heteroatoms. The first-order valence-electron chi connectivity index (χ1n) is 4.79. The summed E-state index contributed by atoms with van der Waals surface area (Å²) in [6.45, 7) is 0. The minimum atomic E-state index is 0.220. The van der Waals surface area contributed by atoms with Gasteiger partial charge in [-0.2, -0.15) is 0 Å².